The van der Waals surface area contributed by atoms with Crippen molar-refractivity contribution in [1.82, 2.24) is 4.90 Å². The van der Waals surface area contributed by atoms with Crippen molar-refractivity contribution in [1.29, 1.82) is 0 Å². The largest absolute Gasteiger partial charge is 0.481 e. The first kappa shape index (κ1) is 16.0. The van der Waals surface area contributed by atoms with Gasteiger partial charge in [-0.15, -0.1) is 0 Å². The van der Waals surface area contributed by atoms with Crippen LogP contribution >= 0.6 is 11.8 Å². The molecule has 0 radical (unpaired) electrons. The monoisotopic (exact) mass is 317 g/mol. The van der Waals surface area contributed by atoms with E-state index in [2.05, 4.69) is 0 Å². The highest BCUT2D eigenvalue weighted by molar-refractivity contribution is 8.18. The highest BCUT2D eigenvalue weighted by Crippen LogP contribution is 2.31. The second kappa shape index (κ2) is 7.09. The van der Waals surface area contributed by atoms with Crippen LogP contribution in [0.2, 0.25) is 0 Å². The van der Waals surface area contributed by atoms with Crippen molar-refractivity contribution in [3.8, 4) is 0 Å². The number of allylic oxidation sites excluding steroid dienone is 2. The smallest absolute Gasteiger partial charge is 0.305 e. The predicted molar refractivity (Wildman–Crippen MR) is 85.1 cm³/mol. The molecule has 0 aliphatic carbocycles. The number of carboxylic acids is 1. The van der Waals surface area contributed by atoms with E-state index in [9.17, 15) is 14.4 Å². The van der Waals surface area contributed by atoms with Crippen LogP contribution in [0.25, 0.3) is 6.08 Å². The number of carboxylic acid groups (broad SMARTS) is 1. The third-order valence-electron chi connectivity index (χ3n) is 2.98. The second-order valence-electron chi connectivity index (χ2n) is 4.78. The van der Waals surface area contributed by atoms with Gasteiger partial charge in [-0.1, -0.05) is 36.4 Å². The van der Waals surface area contributed by atoms with Crippen LogP contribution in [0.5, 0.6) is 0 Å². The first-order chi connectivity index (χ1) is 10.5. The molecule has 2 amide bonds. The van der Waals surface area contributed by atoms with Crippen LogP contribution < -0.4 is 0 Å². The van der Waals surface area contributed by atoms with E-state index < -0.39 is 17.1 Å². The SMILES string of the molecule is CC(=C/c1ccccc1)/C=C1\SC(=O)N(CCC(=O)O)C1=O. The summed E-state index contributed by atoms with van der Waals surface area (Å²) in [5.41, 5.74) is 1.84. The molecule has 1 aromatic carbocycles. The zero-order valence-corrected chi connectivity index (χ0v) is 12.8. The Labute approximate surface area is 132 Å². The van der Waals surface area contributed by atoms with Gasteiger partial charge >= 0.3 is 5.97 Å². The third-order valence-corrected chi connectivity index (χ3v) is 3.88. The van der Waals surface area contributed by atoms with E-state index in [4.69, 9.17) is 5.11 Å². The fraction of sp³-hybridized carbons (Fsp3) is 0.188. The Morgan fingerprint density at radius 2 is 1.95 bits per heavy atom. The van der Waals surface area contributed by atoms with Gasteiger partial charge in [0.2, 0.25) is 0 Å². The van der Waals surface area contributed by atoms with Crippen LogP contribution in [0.3, 0.4) is 0 Å². The highest BCUT2D eigenvalue weighted by atomic mass is 32.2. The van der Waals surface area contributed by atoms with E-state index in [-0.39, 0.29) is 13.0 Å². The fourth-order valence-electron chi connectivity index (χ4n) is 1.96. The first-order valence-electron chi connectivity index (χ1n) is 6.68. The average molecular weight is 317 g/mol. The molecule has 0 unspecified atom stereocenters. The molecule has 2 rings (SSSR count). The van der Waals surface area contributed by atoms with Gasteiger partial charge < -0.3 is 5.11 Å². The summed E-state index contributed by atoms with van der Waals surface area (Å²) in [5, 5.41) is 8.22. The zero-order valence-electron chi connectivity index (χ0n) is 12.0. The maximum atomic E-state index is 12.1. The van der Waals surface area contributed by atoms with Gasteiger partial charge in [-0.25, -0.2) is 0 Å². The van der Waals surface area contributed by atoms with Crippen molar-refractivity contribution in [3.05, 3.63) is 52.4 Å². The van der Waals surface area contributed by atoms with Gasteiger partial charge in [0.25, 0.3) is 11.1 Å². The van der Waals surface area contributed by atoms with Crippen molar-refractivity contribution in [2.45, 2.75) is 13.3 Å². The molecule has 1 fully saturated rings. The molecular formula is C16H15NO4S. The lowest BCUT2D eigenvalue weighted by Gasteiger charge is -2.09. The minimum Gasteiger partial charge on any atom is -0.481 e. The third kappa shape index (κ3) is 4.08. The number of hydrogen-bond donors (Lipinski definition) is 1. The van der Waals surface area contributed by atoms with E-state index in [1.54, 1.807) is 6.08 Å². The van der Waals surface area contributed by atoms with Crippen LogP contribution in [0, 0.1) is 0 Å². The molecule has 6 heteroatoms. The zero-order chi connectivity index (χ0) is 16.1. The van der Waals surface area contributed by atoms with Gasteiger partial charge in [0.1, 0.15) is 0 Å². The Hall–Kier alpha value is -2.34. The molecule has 0 bridgehead atoms. The van der Waals surface area contributed by atoms with Crippen LogP contribution in [-0.2, 0) is 9.59 Å². The fourth-order valence-corrected chi connectivity index (χ4v) is 2.88. The molecule has 22 heavy (non-hydrogen) atoms. The number of imide groups is 1. The number of carbonyl (C=O) groups is 3. The number of benzene rings is 1. The number of aliphatic carboxylic acids is 1. The average Bonchev–Trinajstić information content (AvgIpc) is 2.72. The number of amides is 2. The lowest BCUT2D eigenvalue weighted by Crippen LogP contribution is -2.30. The van der Waals surface area contributed by atoms with E-state index in [0.717, 1.165) is 27.8 Å². The minimum atomic E-state index is -1.04. The molecule has 0 spiro atoms. The summed E-state index contributed by atoms with van der Waals surface area (Å²) in [6.45, 7) is 1.75. The Bertz CT molecular complexity index is 664. The van der Waals surface area contributed by atoms with Gasteiger partial charge in [-0.3, -0.25) is 19.3 Å². The standard InChI is InChI=1S/C16H15NO4S/c1-11(9-12-5-3-2-4-6-12)10-13-15(20)17(16(21)22-13)8-7-14(18)19/h2-6,9-10H,7-8H2,1H3,(H,18,19)/b11-9-,13-10-. The summed E-state index contributed by atoms with van der Waals surface area (Å²) < 4.78 is 0. The Balaban J connectivity index is 2.12. The second-order valence-corrected chi connectivity index (χ2v) is 5.77. The maximum absolute atomic E-state index is 12.1. The Kier molecular flexibility index (Phi) is 5.16. The normalized spacial score (nSPS) is 17.4. The molecule has 1 saturated heterocycles. The summed E-state index contributed by atoms with van der Waals surface area (Å²) in [7, 11) is 0. The molecule has 0 atom stereocenters. The van der Waals surface area contributed by atoms with Crippen LogP contribution in [0.1, 0.15) is 18.9 Å². The minimum absolute atomic E-state index is 0.0984. The highest BCUT2D eigenvalue weighted by Gasteiger charge is 2.34. The Morgan fingerprint density at radius 1 is 1.27 bits per heavy atom. The molecular weight excluding hydrogens is 302 g/mol. The van der Waals surface area contributed by atoms with Crippen LogP contribution in [-0.4, -0.2) is 33.7 Å². The van der Waals surface area contributed by atoms with Gasteiger partial charge in [-0.05, 0) is 35.9 Å². The molecule has 1 N–H and O–H groups in total. The topological polar surface area (TPSA) is 74.7 Å². The van der Waals surface area contributed by atoms with E-state index in [0.29, 0.717) is 4.91 Å². The molecule has 1 aliphatic heterocycles. The van der Waals surface area contributed by atoms with E-state index in [1.165, 1.54) is 0 Å². The van der Waals surface area contributed by atoms with Gasteiger partial charge in [-0.2, -0.15) is 0 Å². The van der Waals surface area contributed by atoms with Gasteiger partial charge in [0.05, 0.1) is 11.3 Å². The molecule has 1 aromatic rings. The lowest BCUT2D eigenvalue weighted by molar-refractivity contribution is -0.137. The number of thioether (sulfide) groups is 1. The van der Waals surface area contributed by atoms with Crippen molar-refractivity contribution >= 4 is 35.0 Å². The maximum Gasteiger partial charge on any atom is 0.305 e. The van der Waals surface area contributed by atoms with Crippen molar-refractivity contribution in [2.24, 2.45) is 0 Å². The number of carbonyl (C=O) groups excluding carboxylic acids is 2. The summed E-state index contributed by atoms with van der Waals surface area (Å²) in [6.07, 6.45) is 3.31. The summed E-state index contributed by atoms with van der Waals surface area (Å²) in [5.74, 6) is -1.47. The number of nitrogens with zero attached hydrogens (tertiary/aromatic N) is 1. The quantitative estimate of drug-likeness (QED) is 0.844. The lowest BCUT2D eigenvalue weighted by atomic mass is 10.1. The van der Waals surface area contributed by atoms with E-state index in [1.807, 2.05) is 43.3 Å². The van der Waals surface area contributed by atoms with Crippen molar-refractivity contribution < 1.29 is 19.5 Å². The first-order valence-corrected chi connectivity index (χ1v) is 7.49. The predicted octanol–water partition coefficient (Wildman–Crippen LogP) is 3.14. The molecule has 1 aliphatic rings. The summed E-state index contributed by atoms with van der Waals surface area (Å²) >= 11 is 0.837. The van der Waals surface area contributed by atoms with Gasteiger partial charge in [0.15, 0.2) is 0 Å². The van der Waals surface area contributed by atoms with Gasteiger partial charge in [0, 0.05) is 6.54 Å². The van der Waals surface area contributed by atoms with Crippen LogP contribution in [0.4, 0.5) is 4.79 Å². The molecule has 0 aromatic heterocycles. The molecule has 5 nitrogen and oxygen atoms in total. The summed E-state index contributed by atoms with van der Waals surface area (Å²) in [4.78, 5) is 35.7. The number of rotatable bonds is 5. The number of hydrogen-bond acceptors (Lipinski definition) is 4. The molecule has 114 valence electrons. The summed E-state index contributed by atoms with van der Waals surface area (Å²) in [6, 6.07) is 9.63. The van der Waals surface area contributed by atoms with Crippen molar-refractivity contribution in [2.75, 3.05) is 6.54 Å². The van der Waals surface area contributed by atoms with Crippen molar-refractivity contribution in [3.63, 3.8) is 0 Å². The van der Waals surface area contributed by atoms with E-state index >= 15 is 0 Å². The molecule has 0 saturated carbocycles. The Morgan fingerprint density at radius 3 is 2.59 bits per heavy atom. The van der Waals surface area contributed by atoms with Crippen LogP contribution in [0.15, 0.2) is 46.9 Å². The molecule has 1 heterocycles.